The molecule has 0 saturated heterocycles. The highest BCUT2D eigenvalue weighted by Crippen LogP contribution is 2.38. The van der Waals surface area contributed by atoms with Gasteiger partial charge in [0.15, 0.2) is 5.58 Å². The molecule has 164 valence electrons. The highest BCUT2D eigenvalue weighted by molar-refractivity contribution is 6.00. The molecule has 34 heavy (non-hydrogen) atoms. The van der Waals surface area contributed by atoms with E-state index < -0.39 is 0 Å². The first-order valence-electron chi connectivity index (χ1n) is 11.6. The first-order valence-corrected chi connectivity index (χ1v) is 11.6. The third-order valence-corrected chi connectivity index (χ3v) is 6.33. The van der Waals surface area contributed by atoms with Crippen LogP contribution in [0.2, 0.25) is 0 Å². The lowest BCUT2D eigenvalue weighted by atomic mass is 9.95. The van der Waals surface area contributed by atoms with Crippen LogP contribution in [0.1, 0.15) is 25.3 Å². The quantitative estimate of drug-likeness (QED) is 0.276. The molecule has 0 bridgehead atoms. The molecule has 0 atom stereocenters. The van der Waals surface area contributed by atoms with Crippen LogP contribution in [0.5, 0.6) is 0 Å². The minimum atomic E-state index is 0.447. The molecule has 2 heterocycles. The van der Waals surface area contributed by atoms with Crippen LogP contribution in [0.4, 0.5) is 0 Å². The van der Waals surface area contributed by atoms with Crippen molar-refractivity contribution >= 4 is 21.9 Å². The van der Waals surface area contributed by atoms with E-state index in [0.717, 1.165) is 44.4 Å². The van der Waals surface area contributed by atoms with Gasteiger partial charge in [0.2, 0.25) is 5.89 Å². The number of aromatic nitrogens is 2. The summed E-state index contributed by atoms with van der Waals surface area (Å²) in [7, 11) is 0. The highest BCUT2D eigenvalue weighted by atomic mass is 16.3. The molecule has 0 spiro atoms. The topological polar surface area (TPSA) is 38.9 Å². The Morgan fingerprint density at radius 2 is 1.44 bits per heavy atom. The van der Waals surface area contributed by atoms with Gasteiger partial charge in [0.1, 0.15) is 5.52 Å². The maximum absolute atomic E-state index is 6.31. The normalized spacial score (nSPS) is 11.5. The number of pyridine rings is 1. The third kappa shape index (κ3) is 3.56. The van der Waals surface area contributed by atoms with Crippen LogP contribution in [0.3, 0.4) is 0 Å². The highest BCUT2D eigenvalue weighted by Gasteiger charge is 2.17. The van der Waals surface area contributed by atoms with Crippen molar-refractivity contribution in [1.29, 1.82) is 0 Å². The van der Waals surface area contributed by atoms with Gasteiger partial charge in [-0.25, -0.2) is 4.98 Å². The van der Waals surface area contributed by atoms with E-state index in [2.05, 4.69) is 74.5 Å². The average Bonchev–Trinajstić information content (AvgIpc) is 3.33. The van der Waals surface area contributed by atoms with E-state index in [4.69, 9.17) is 14.4 Å². The molecular weight excluding hydrogens is 416 g/mol. The van der Waals surface area contributed by atoms with E-state index in [9.17, 15) is 0 Å². The largest absolute Gasteiger partial charge is 0.436 e. The zero-order valence-corrected chi connectivity index (χ0v) is 19.2. The lowest BCUT2D eigenvalue weighted by Crippen LogP contribution is -1.91. The maximum atomic E-state index is 6.31. The fraction of sp³-hybridized carbons (Fsp3) is 0.0968. The van der Waals surface area contributed by atoms with Gasteiger partial charge in [0.05, 0.1) is 5.69 Å². The van der Waals surface area contributed by atoms with Crippen molar-refractivity contribution < 1.29 is 4.42 Å². The van der Waals surface area contributed by atoms with E-state index in [-0.39, 0.29) is 0 Å². The third-order valence-electron chi connectivity index (χ3n) is 6.33. The summed E-state index contributed by atoms with van der Waals surface area (Å²) < 4.78 is 6.31. The summed E-state index contributed by atoms with van der Waals surface area (Å²) in [6, 6.07) is 33.4. The fourth-order valence-electron chi connectivity index (χ4n) is 4.48. The molecular formula is C31H24N2O. The molecule has 0 aliphatic rings. The first kappa shape index (κ1) is 20.4. The summed E-state index contributed by atoms with van der Waals surface area (Å²) >= 11 is 0. The second-order valence-corrected chi connectivity index (χ2v) is 8.92. The fourth-order valence-corrected chi connectivity index (χ4v) is 4.48. The Balaban J connectivity index is 1.63. The van der Waals surface area contributed by atoms with Gasteiger partial charge in [-0.3, -0.25) is 4.98 Å². The lowest BCUT2D eigenvalue weighted by molar-refractivity contribution is 0.620. The molecule has 0 aliphatic carbocycles. The van der Waals surface area contributed by atoms with Gasteiger partial charge in [-0.2, -0.15) is 0 Å². The van der Waals surface area contributed by atoms with Crippen LogP contribution >= 0.6 is 0 Å². The van der Waals surface area contributed by atoms with Crippen molar-refractivity contribution in [3.63, 3.8) is 0 Å². The summed E-state index contributed by atoms with van der Waals surface area (Å²) in [5.41, 5.74) is 8.00. The Morgan fingerprint density at radius 3 is 2.18 bits per heavy atom. The molecule has 3 nitrogen and oxygen atoms in total. The molecule has 3 heteroatoms. The number of oxazole rings is 1. The van der Waals surface area contributed by atoms with Gasteiger partial charge in [-0.15, -0.1) is 0 Å². The van der Waals surface area contributed by atoms with E-state index >= 15 is 0 Å². The number of nitrogens with zero attached hydrogens (tertiary/aromatic N) is 2. The Morgan fingerprint density at radius 1 is 0.706 bits per heavy atom. The van der Waals surface area contributed by atoms with Crippen LogP contribution in [0.15, 0.2) is 108 Å². The smallest absolute Gasteiger partial charge is 0.227 e. The summed E-state index contributed by atoms with van der Waals surface area (Å²) in [6.45, 7) is 4.44. The van der Waals surface area contributed by atoms with Gasteiger partial charge in [0.25, 0.3) is 0 Å². The Hall–Kier alpha value is -4.24. The molecule has 0 radical (unpaired) electrons. The van der Waals surface area contributed by atoms with Gasteiger partial charge in [0, 0.05) is 28.3 Å². The van der Waals surface area contributed by atoms with Crippen molar-refractivity contribution in [3.05, 3.63) is 109 Å². The molecule has 0 fully saturated rings. The number of hydrogen-bond acceptors (Lipinski definition) is 3. The predicted octanol–water partition coefficient (Wildman–Crippen LogP) is 8.50. The van der Waals surface area contributed by atoms with Crippen molar-refractivity contribution in [2.45, 2.75) is 19.8 Å². The molecule has 0 unspecified atom stereocenters. The molecule has 6 aromatic rings. The van der Waals surface area contributed by atoms with Gasteiger partial charge in [-0.05, 0) is 58.8 Å². The Kier molecular flexibility index (Phi) is 4.96. The zero-order chi connectivity index (χ0) is 23.1. The van der Waals surface area contributed by atoms with Crippen molar-refractivity contribution in [3.8, 4) is 33.8 Å². The van der Waals surface area contributed by atoms with Crippen LogP contribution in [-0.4, -0.2) is 9.97 Å². The van der Waals surface area contributed by atoms with Crippen LogP contribution in [-0.2, 0) is 0 Å². The molecule has 2 aromatic heterocycles. The zero-order valence-electron chi connectivity index (χ0n) is 19.2. The Labute approximate surface area is 198 Å². The summed E-state index contributed by atoms with van der Waals surface area (Å²) in [4.78, 5) is 9.73. The SMILES string of the molecule is CC(C)c1ccc2ccnc(-c3cc(-c4ccccc4)c4nc(-c5ccccc5)oc4c3)c2c1. The molecule has 4 aromatic carbocycles. The van der Waals surface area contributed by atoms with Crippen molar-refractivity contribution in [1.82, 2.24) is 9.97 Å². The first-order chi connectivity index (χ1) is 16.7. The number of rotatable bonds is 4. The molecule has 6 rings (SSSR count). The number of fused-ring (bicyclic) bond motifs is 2. The molecule has 0 N–H and O–H groups in total. The summed E-state index contributed by atoms with van der Waals surface area (Å²) in [5, 5.41) is 2.33. The van der Waals surface area contributed by atoms with E-state index in [0.29, 0.717) is 11.8 Å². The molecule has 0 amide bonds. The van der Waals surface area contributed by atoms with E-state index in [1.165, 1.54) is 10.9 Å². The Bertz CT molecular complexity index is 1620. The minimum Gasteiger partial charge on any atom is -0.436 e. The molecule has 0 aliphatic heterocycles. The predicted molar refractivity (Wildman–Crippen MR) is 140 cm³/mol. The van der Waals surface area contributed by atoms with Crippen LogP contribution in [0, 0.1) is 0 Å². The van der Waals surface area contributed by atoms with Gasteiger partial charge in [-0.1, -0.05) is 74.5 Å². The second kappa shape index (κ2) is 8.27. The monoisotopic (exact) mass is 440 g/mol. The van der Waals surface area contributed by atoms with E-state index in [1.54, 1.807) is 0 Å². The number of hydrogen-bond donors (Lipinski definition) is 0. The van der Waals surface area contributed by atoms with Crippen LogP contribution < -0.4 is 0 Å². The standard InChI is InChI=1S/C31H24N2O/c1-20(2)24-14-13-22-15-16-32-29(26(22)17-24)25-18-27(21-9-5-3-6-10-21)30-28(19-25)34-31(33-30)23-11-7-4-8-12-23/h3-20H,1-2H3. The van der Waals surface area contributed by atoms with Gasteiger partial charge < -0.3 is 4.42 Å². The minimum absolute atomic E-state index is 0.447. The maximum Gasteiger partial charge on any atom is 0.227 e. The number of benzene rings is 4. The second-order valence-electron chi connectivity index (χ2n) is 8.92. The lowest BCUT2D eigenvalue weighted by Gasteiger charge is -2.11. The average molecular weight is 441 g/mol. The van der Waals surface area contributed by atoms with Gasteiger partial charge >= 0.3 is 0 Å². The van der Waals surface area contributed by atoms with Crippen LogP contribution in [0.25, 0.3) is 55.7 Å². The van der Waals surface area contributed by atoms with Crippen molar-refractivity contribution in [2.24, 2.45) is 0 Å². The molecule has 0 saturated carbocycles. The summed E-state index contributed by atoms with van der Waals surface area (Å²) in [6.07, 6.45) is 1.88. The van der Waals surface area contributed by atoms with Crippen molar-refractivity contribution in [2.75, 3.05) is 0 Å². The van der Waals surface area contributed by atoms with E-state index in [1.807, 2.05) is 42.6 Å². The summed E-state index contributed by atoms with van der Waals surface area (Å²) in [5.74, 6) is 1.07.